The van der Waals surface area contributed by atoms with Gasteiger partial charge in [0.25, 0.3) is 0 Å². The van der Waals surface area contributed by atoms with Gasteiger partial charge in [0.2, 0.25) is 10.0 Å². The van der Waals surface area contributed by atoms with Crippen LogP contribution in [0.2, 0.25) is 0 Å². The van der Waals surface area contributed by atoms with E-state index in [0.29, 0.717) is 31.1 Å². The van der Waals surface area contributed by atoms with Gasteiger partial charge >= 0.3 is 0 Å². The Morgan fingerprint density at radius 1 is 1.12 bits per heavy atom. The number of hydrogen-bond acceptors (Lipinski definition) is 6. The molecule has 0 radical (unpaired) electrons. The van der Waals surface area contributed by atoms with Gasteiger partial charge in [0.15, 0.2) is 5.78 Å². The summed E-state index contributed by atoms with van der Waals surface area (Å²) in [4.78, 5) is 17.0. The number of carbonyl (C=O) groups excluding carboxylic acids is 1. The average molecular weight is 490 g/mol. The van der Waals surface area contributed by atoms with Gasteiger partial charge in [0.05, 0.1) is 17.5 Å². The Bertz CT molecular complexity index is 1020. The number of Topliss-reactive ketones (excluding diaryl/α,β-unsaturated/α-hetero) is 1. The highest BCUT2D eigenvalue weighted by molar-refractivity contribution is 7.89. The monoisotopic (exact) mass is 489 g/mol. The lowest BCUT2D eigenvalue weighted by molar-refractivity contribution is 0.0984. The van der Waals surface area contributed by atoms with Crippen LogP contribution in [-0.4, -0.2) is 62.7 Å². The van der Waals surface area contributed by atoms with Crippen LogP contribution in [0.3, 0.4) is 0 Å². The van der Waals surface area contributed by atoms with Crippen LogP contribution in [0.5, 0.6) is 0 Å². The van der Waals surface area contributed by atoms with Gasteiger partial charge in [-0.05, 0) is 68.3 Å². The SMILES string of the molecule is CC1CCCN(S(=O)(=O)c2cccc(C(=O)CNCC(c3cccs3)N3CCCCC3)c2)C1. The van der Waals surface area contributed by atoms with Gasteiger partial charge in [-0.1, -0.05) is 31.5 Å². The number of rotatable bonds is 9. The molecule has 2 aliphatic rings. The molecule has 2 fully saturated rings. The first-order chi connectivity index (χ1) is 15.9. The van der Waals surface area contributed by atoms with Crippen molar-refractivity contribution in [1.29, 1.82) is 0 Å². The number of benzene rings is 1. The molecule has 4 rings (SSSR count). The van der Waals surface area contributed by atoms with Gasteiger partial charge in [0, 0.05) is 30.1 Å². The van der Waals surface area contributed by atoms with E-state index in [0.717, 1.165) is 25.9 Å². The largest absolute Gasteiger partial charge is 0.308 e. The normalized spacial score (nSPS) is 21.7. The van der Waals surface area contributed by atoms with E-state index in [1.807, 2.05) is 0 Å². The maximum absolute atomic E-state index is 13.1. The first-order valence-electron chi connectivity index (χ1n) is 12.1. The average Bonchev–Trinajstić information content (AvgIpc) is 3.37. The van der Waals surface area contributed by atoms with Gasteiger partial charge in [-0.15, -0.1) is 11.3 Å². The molecule has 0 bridgehead atoms. The predicted octanol–water partition coefficient (Wildman–Crippen LogP) is 4.17. The second-order valence-electron chi connectivity index (χ2n) is 9.32. The molecule has 33 heavy (non-hydrogen) atoms. The molecule has 1 aromatic carbocycles. The molecule has 2 aromatic rings. The van der Waals surface area contributed by atoms with Crippen molar-refractivity contribution in [3.63, 3.8) is 0 Å². The molecule has 2 aliphatic heterocycles. The highest BCUT2D eigenvalue weighted by Crippen LogP contribution is 2.28. The second-order valence-corrected chi connectivity index (χ2v) is 12.2. The van der Waals surface area contributed by atoms with Gasteiger partial charge in [-0.2, -0.15) is 4.31 Å². The van der Waals surface area contributed by atoms with E-state index in [1.165, 1.54) is 24.1 Å². The Balaban J connectivity index is 1.39. The Labute approximate surface area is 202 Å². The summed E-state index contributed by atoms with van der Waals surface area (Å²) in [5.74, 6) is 0.279. The molecular weight excluding hydrogens is 454 g/mol. The number of ketones is 1. The number of likely N-dealkylation sites (tertiary alicyclic amines) is 1. The fourth-order valence-corrected chi connectivity index (χ4v) is 7.39. The number of sulfonamides is 1. The Hall–Kier alpha value is -1.58. The van der Waals surface area contributed by atoms with Crippen LogP contribution in [-0.2, 0) is 10.0 Å². The van der Waals surface area contributed by atoms with Crippen LogP contribution < -0.4 is 5.32 Å². The van der Waals surface area contributed by atoms with Crippen LogP contribution in [0.4, 0.5) is 0 Å². The standard InChI is InChI=1S/C25H35N3O3S2/c1-20-8-6-14-28(19-20)33(30,31)22-10-5-9-21(16-22)24(29)18-26-17-23(25-11-7-15-32-25)27-12-3-2-4-13-27/h5,7,9-11,15-16,20,23,26H,2-4,6,8,12-14,17-19H2,1H3. The van der Waals surface area contributed by atoms with Crippen molar-refractivity contribution in [3.05, 3.63) is 52.2 Å². The summed E-state index contributed by atoms with van der Waals surface area (Å²) >= 11 is 1.76. The Morgan fingerprint density at radius 3 is 2.67 bits per heavy atom. The van der Waals surface area contributed by atoms with Crippen LogP contribution in [0, 0.1) is 5.92 Å². The Morgan fingerprint density at radius 2 is 1.94 bits per heavy atom. The zero-order valence-corrected chi connectivity index (χ0v) is 21.0. The molecule has 180 valence electrons. The number of piperidine rings is 2. The first kappa shape index (κ1) is 24.5. The molecular formula is C25H35N3O3S2. The molecule has 0 aliphatic carbocycles. The molecule has 1 aromatic heterocycles. The van der Waals surface area contributed by atoms with Crippen LogP contribution >= 0.6 is 11.3 Å². The van der Waals surface area contributed by atoms with Crippen molar-refractivity contribution in [2.45, 2.75) is 50.0 Å². The van der Waals surface area contributed by atoms with Crippen LogP contribution in [0.25, 0.3) is 0 Å². The minimum atomic E-state index is -3.57. The molecule has 0 spiro atoms. The number of thiophene rings is 1. The number of hydrogen-bond donors (Lipinski definition) is 1. The van der Waals surface area contributed by atoms with Crippen molar-refractivity contribution in [2.24, 2.45) is 5.92 Å². The molecule has 2 unspecified atom stereocenters. The zero-order valence-electron chi connectivity index (χ0n) is 19.4. The lowest BCUT2D eigenvalue weighted by atomic mass is 10.0. The second kappa shape index (κ2) is 11.2. The predicted molar refractivity (Wildman–Crippen MR) is 133 cm³/mol. The van der Waals surface area contributed by atoms with Crippen molar-refractivity contribution in [2.75, 3.05) is 39.3 Å². The number of nitrogens with zero attached hydrogens (tertiary/aromatic N) is 2. The summed E-state index contributed by atoms with van der Waals surface area (Å²) in [6.45, 7) is 6.26. The zero-order chi connectivity index (χ0) is 23.3. The highest BCUT2D eigenvalue weighted by Gasteiger charge is 2.29. The molecule has 1 N–H and O–H groups in total. The lowest BCUT2D eigenvalue weighted by Crippen LogP contribution is -2.40. The van der Waals surface area contributed by atoms with E-state index in [9.17, 15) is 13.2 Å². The number of carbonyl (C=O) groups is 1. The van der Waals surface area contributed by atoms with Crippen LogP contribution in [0.15, 0.2) is 46.7 Å². The third kappa shape index (κ3) is 6.11. The van der Waals surface area contributed by atoms with Gasteiger partial charge < -0.3 is 5.32 Å². The Kier molecular flexibility index (Phi) is 8.35. The molecule has 8 heteroatoms. The van der Waals surface area contributed by atoms with Crippen molar-refractivity contribution in [3.8, 4) is 0 Å². The fraction of sp³-hybridized carbons (Fsp3) is 0.560. The summed E-state index contributed by atoms with van der Waals surface area (Å²) in [6.07, 6.45) is 5.66. The molecule has 0 saturated carbocycles. The van der Waals surface area contributed by atoms with E-state index in [2.05, 4.69) is 34.7 Å². The van der Waals surface area contributed by atoms with Crippen molar-refractivity contribution >= 4 is 27.1 Å². The van der Waals surface area contributed by atoms with Crippen molar-refractivity contribution < 1.29 is 13.2 Å². The lowest BCUT2D eigenvalue weighted by Gasteiger charge is -2.34. The minimum absolute atomic E-state index is 0.0809. The highest BCUT2D eigenvalue weighted by atomic mass is 32.2. The van der Waals surface area contributed by atoms with Gasteiger partial charge in [0.1, 0.15) is 0 Å². The summed E-state index contributed by atoms with van der Waals surface area (Å²) in [5, 5.41) is 5.46. The van der Waals surface area contributed by atoms with Crippen LogP contribution in [0.1, 0.15) is 60.3 Å². The molecule has 3 heterocycles. The molecule has 0 amide bonds. The maximum Gasteiger partial charge on any atom is 0.243 e. The maximum atomic E-state index is 13.1. The van der Waals surface area contributed by atoms with E-state index >= 15 is 0 Å². The summed E-state index contributed by atoms with van der Waals surface area (Å²) in [7, 11) is -3.57. The number of nitrogens with one attached hydrogen (secondary N) is 1. The fourth-order valence-electron chi connectivity index (χ4n) is 4.89. The summed E-state index contributed by atoms with van der Waals surface area (Å²) < 4.78 is 27.8. The smallest absolute Gasteiger partial charge is 0.243 e. The molecule has 6 nitrogen and oxygen atoms in total. The van der Waals surface area contributed by atoms with Gasteiger partial charge in [-0.25, -0.2) is 8.42 Å². The van der Waals surface area contributed by atoms with E-state index in [4.69, 9.17) is 0 Å². The molecule has 2 atom stereocenters. The quantitative estimate of drug-likeness (QED) is 0.536. The minimum Gasteiger partial charge on any atom is -0.308 e. The topological polar surface area (TPSA) is 69.7 Å². The van der Waals surface area contributed by atoms with Gasteiger partial charge in [-0.3, -0.25) is 9.69 Å². The summed E-state index contributed by atoms with van der Waals surface area (Å²) in [5.41, 5.74) is 0.444. The van der Waals surface area contributed by atoms with E-state index in [1.54, 1.807) is 39.9 Å². The third-order valence-electron chi connectivity index (χ3n) is 6.74. The van der Waals surface area contributed by atoms with Crippen molar-refractivity contribution in [1.82, 2.24) is 14.5 Å². The summed E-state index contributed by atoms with van der Waals surface area (Å²) in [6, 6.07) is 11.0. The van der Waals surface area contributed by atoms with E-state index in [-0.39, 0.29) is 23.3 Å². The molecule has 2 saturated heterocycles. The first-order valence-corrected chi connectivity index (χ1v) is 14.4. The van der Waals surface area contributed by atoms with E-state index < -0.39 is 10.0 Å². The third-order valence-corrected chi connectivity index (χ3v) is 9.57.